The number of amides is 1. The highest BCUT2D eigenvalue weighted by Gasteiger charge is 2.41. The highest BCUT2D eigenvalue weighted by Crippen LogP contribution is 2.45. The number of anilines is 2. The fraction of sp³-hybridized carbons (Fsp3) is 0.500. The first kappa shape index (κ1) is 12.3. The van der Waals surface area contributed by atoms with Gasteiger partial charge in [-0.25, -0.2) is 0 Å². The average molecular weight is 262 g/mol. The van der Waals surface area contributed by atoms with Crippen LogP contribution >= 0.6 is 0 Å². The predicted molar refractivity (Wildman–Crippen MR) is 72.6 cm³/mol. The van der Waals surface area contributed by atoms with Gasteiger partial charge in [-0.1, -0.05) is 0 Å². The third-order valence-corrected chi connectivity index (χ3v) is 4.01. The van der Waals surface area contributed by atoms with Crippen molar-refractivity contribution in [3.8, 4) is 5.75 Å². The number of aliphatic hydroxyl groups is 1. The maximum absolute atomic E-state index is 11.6. The summed E-state index contributed by atoms with van der Waals surface area (Å²) in [6.45, 7) is 1.09. The Morgan fingerprint density at radius 2 is 2.26 bits per heavy atom. The van der Waals surface area contributed by atoms with Crippen LogP contribution in [0.3, 0.4) is 0 Å². The molecule has 0 spiro atoms. The highest BCUT2D eigenvalue weighted by molar-refractivity contribution is 5.97. The average Bonchev–Trinajstić information content (AvgIpc) is 3.22. The van der Waals surface area contributed by atoms with Crippen LogP contribution in [0.15, 0.2) is 18.2 Å². The van der Waals surface area contributed by atoms with E-state index < -0.39 is 0 Å². The van der Waals surface area contributed by atoms with Crippen molar-refractivity contribution < 1.29 is 14.6 Å². The minimum absolute atomic E-state index is 0.0429. The number of likely N-dealkylation sites (N-methyl/N-ethyl adjacent to an activating group) is 1. The molecule has 1 amide bonds. The van der Waals surface area contributed by atoms with Gasteiger partial charge in [0, 0.05) is 24.7 Å². The number of hydrogen-bond donors (Lipinski definition) is 2. The van der Waals surface area contributed by atoms with Crippen molar-refractivity contribution in [2.75, 3.05) is 37.0 Å². The maximum Gasteiger partial charge on any atom is 0.264 e. The van der Waals surface area contributed by atoms with Crippen molar-refractivity contribution in [3.63, 3.8) is 0 Å². The zero-order valence-corrected chi connectivity index (χ0v) is 11.0. The summed E-state index contributed by atoms with van der Waals surface area (Å²) in [5.41, 5.74) is 1.80. The normalized spacial score (nSPS) is 19.7. The lowest BCUT2D eigenvalue weighted by Crippen LogP contribution is -2.35. The maximum atomic E-state index is 11.6. The molecule has 0 saturated heterocycles. The molecule has 1 saturated carbocycles. The molecule has 1 aliphatic heterocycles. The fourth-order valence-electron chi connectivity index (χ4n) is 2.24. The number of aliphatic hydroxyl groups excluding tert-OH is 1. The Kier molecular flexibility index (Phi) is 2.86. The van der Waals surface area contributed by atoms with Crippen molar-refractivity contribution in [2.45, 2.75) is 12.8 Å². The molecule has 2 aliphatic rings. The van der Waals surface area contributed by atoms with Gasteiger partial charge in [0.2, 0.25) is 0 Å². The summed E-state index contributed by atoms with van der Waals surface area (Å²) in [5, 5.41) is 12.6. The molecule has 1 aromatic carbocycles. The molecular weight excluding hydrogens is 244 g/mol. The Bertz CT molecular complexity index is 511. The van der Waals surface area contributed by atoms with E-state index in [9.17, 15) is 9.90 Å². The third kappa shape index (κ3) is 2.26. The molecule has 3 rings (SSSR count). The molecule has 0 radical (unpaired) electrons. The number of rotatable bonds is 4. The van der Waals surface area contributed by atoms with E-state index in [1.54, 1.807) is 11.9 Å². The number of fused-ring (bicyclic) bond motifs is 1. The Morgan fingerprint density at radius 3 is 2.95 bits per heavy atom. The molecule has 1 fully saturated rings. The number of nitrogens with zero attached hydrogens (tertiary/aromatic N) is 1. The van der Waals surface area contributed by atoms with Gasteiger partial charge in [0.05, 0.1) is 12.3 Å². The van der Waals surface area contributed by atoms with Gasteiger partial charge in [0.1, 0.15) is 5.75 Å². The SMILES string of the molecule is CN1C(=O)COc2ccc(NCC3(CO)CC3)cc21. The van der Waals surface area contributed by atoms with Crippen LogP contribution in [0.25, 0.3) is 0 Å². The van der Waals surface area contributed by atoms with Crippen LogP contribution in [0.2, 0.25) is 0 Å². The van der Waals surface area contributed by atoms with Crippen LogP contribution in [0.4, 0.5) is 11.4 Å². The van der Waals surface area contributed by atoms with Gasteiger partial charge in [-0.05, 0) is 31.0 Å². The molecule has 1 aliphatic carbocycles. The standard InChI is InChI=1S/C14H18N2O3/c1-16-11-6-10(15-8-14(9-17)4-5-14)2-3-12(11)19-7-13(16)18/h2-3,6,15,17H,4-5,7-9H2,1H3. The lowest BCUT2D eigenvalue weighted by Gasteiger charge is -2.26. The van der Waals surface area contributed by atoms with Crippen molar-refractivity contribution in [1.29, 1.82) is 0 Å². The number of nitrogens with one attached hydrogen (secondary N) is 1. The van der Waals surface area contributed by atoms with E-state index in [-0.39, 0.29) is 24.5 Å². The topological polar surface area (TPSA) is 61.8 Å². The molecule has 5 nitrogen and oxygen atoms in total. The van der Waals surface area contributed by atoms with Crippen LogP contribution in [0.5, 0.6) is 5.75 Å². The highest BCUT2D eigenvalue weighted by atomic mass is 16.5. The van der Waals surface area contributed by atoms with E-state index in [0.717, 1.165) is 36.5 Å². The van der Waals surface area contributed by atoms with Gasteiger partial charge in [0.15, 0.2) is 6.61 Å². The van der Waals surface area contributed by atoms with E-state index in [4.69, 9.17) is 4.74 Å². The minimum Gasteiger partial charge on any atom is -0.482 e. The van der Waals surface area contributed by atoms with Crippen LogP contribution in [-0.2, 0) is 4.79 Å². The number of carbonyl (C=O) groups excluding carboxylic acids is 1. The first-order valence-electron chi connectivity index (χ1n) is 6.52. The molecule has 5 heteroatoms. The fourth-order valence-corrected chi connectivity index (χ4v) is 2.24. The van der Waals surface area contributed by atoms with E-state index in [0.29, 0.717) is 0 Å². The number of carbonyl (C=O) groups is 1. The van der Waals surface area contributed by atoms with Gasteiger partial charge in [-0.15, -0.1) is 0 Å². The van der Waals surface area contributed by atoms with Crippen LogP contribution in [0.1, 0.15) is 12.8 Å². The summed E-state index contributed by atoms with van der Waals surface area (Å²) >= 11 is 0. The summed E-state index contributed by atoms with van der Waals surface area (Å²) in [4.78, 5) is 13.2. The Hall–Kier alpha value is -1.75. The van der Waals surface area contributed by atoms with Gasteiger partial charge >= 0.3 is 0 Å². The second kappa shape index (κ2) is 4.42. The Balaban J connectivity index is 1.75. The molecule has 102 valence electrons. The molecular formula is C14H18N2O3. The van der Waals surface area contributed by atoms with Crippen LogP contribution in [-0.4, -0.2) is 37.8 Å². The smallest absolute Gasteiger partial charge is 0.264 e. The van der Waals surface area contributed by atoms with Crippen molar-refractivity contribution >= 4 is 17.3 Å². The Morgan fingerprint density at radius 1 is 1.47 bits per heavy atom. The summed E-state index contributed by atoms with van der Waals surface area (Å²) in [5.74, 6) is 0.689. The molecule has 0 bridgehead atoms. The van der Waals surface area contributed by atoms with Crippen LogP contribution < -0.4 is 15.0 Å². The number of ether oxygens (including phenoxy) is 1. The van der Waals surface area contributed by atoms with Gasteiger partial charge in [0.25, 0.3) is 5.91 Å². The monoisotopic (exact) mass is 262 g/mol. The largest absolute Gasteiger partial charge is 0.482 e. The summed E-state index contributed by atoms with van der Waals surface area (Å²) < 4.78 is 5.38. The second-order valence-electron chi connectivity index (χ2n) is 5.44. The van der Waals surface area contributed by atoms with E-state index >= 15 is 0 Å². The quantitative estimate of drug-likeness (QED) is 0.856. The first-order chi connectivity index (χ1) is 9.13. The molecule has 0 unspecified atom stereocenters. The zero-order chi connectivity index (χ0) is 13.5. The second-order valence-corrected chi connectivity index (χ2v) is 5.44. The lowest BCUT2D eigenvalue weighted by atomic mass is 10.1. The molecule has 0 aromatic heterocycles. The minimum atomic E-state index is -0.0429. The molecule has 1 aromatic rings. The lowest BCUT2D eigenvalue weighted by molar-refractivity contribution is -0.120. The molecule has 0 atom stereocenters. The van der Waals surface area contributed by atoms with E-state index in [1.165, 1.54) is 0 Å². The van der Waals surface area contributed by atoms with Crippen molar-refractivity contribution in [3.05, 3.63) is 18.2 Å². The summed E-state index contributed by atoms with van der Waals surface area (Å²) in [6, 6.07) is 5.73. The van der Waals surface area contributed by atoms with Crippen molar-refractivity contribution in [1.82, 2.24) is 0 Å². The van der Waals surface area contributed by atoms with Crippen molar-refractivity contribution in [2.24, 2.45) is 5.41 Å². The third-order valence-electron chi connectivity index (χ3n) is 4.01. The Labute approximate surface area is 112 Å². The molecule has 1 heterocycles. The first-order valence-corrected chi connectivity index (χ1v) is 6.52. The van der Waals surface area contributed by atoms with Crippen LogP contribution in [0, 0.1) is 5.41 Å². The number of hydrogen-bond acceptors (Lipinski definition) is 4. The number of benzene rings is 1. The summed E-state index contributed by atoms with van der Waals surface area (Å²) in [6.07, 6.45) is 2.14. The van der Waals surface area contributed by atoms with Gasteiger partial charge in [-0.3, -0.25) is 4.79 Å². The molecule has 19 heavy (non-hydrogen) atoms. The predicted octanol–water partition coefficient (Wildman–Crippen LogP) is 1.23. The zero-order valence-electron chi connectivity index (χ0n) is 11.0. The van der Waals surface area contributed by atoms with Gasteiger partial charge in [-0.2, -0.15) is 0 Å². The van der Waals surface area contributed by atoms with E-state index in [2.05, 4.69) is 5.32 Å². The van der Waals surface area contributed by atoms with Gasteiger partial charge < -0.3 is 20.1 Å². The summed E-state index contributed by atoms with van der Waals surface area (Å²) in [7, 11) is 1.75. The molecule has 2 N–H and O–H groups in total. The van der Waals surface area contributed by atoms with E-state index in [1.807, 2.05) is 18.2 Å².